The SMILES string of the molecule is CCC(C)C(NC(=O)C(CCC(N)=O)NC(=O)C(N)CCCN=C(N)N)C(=O)NC(C(=O)O)C(C)O. The summed E-state index contributed by atoms with van der Waals surface area (Å²) in [7, 11) is 0. The molecule has 0 spiro atoms. The molecule has 4 amide bonds. The minimum Gasteiger partial charge on any atom is -0.480 e. The second-order valence-corrected chi connectivity index (χ2v) is 8.56. The van der Waals surface area contributed by atoms with Crippen molar-refractivity contribution in [3.63, 3.8) is 0 Å². The maximum atomic E-state index is 13.0. The number of aliphatic hydroxyl groups excluding tert-OH is 1. The van der Waals surface area contributed by atoms with Crippen LogP contribution in [0.25, 0.3) is 0 Å². The molecule has 0 aromatic carbocycles. The molecule has 0 aliphatic rings. The van der Waals surface area contributed by atoms with Crippen molar-refractivity contribution in [2.45, 2.75) is 83.1 Å². The molecule has 0 aromatic rings. The van der Waals surface area contributed by atoms with Gasteiger partial charge in [-0.15, -0.1) is 0 Å². The molecule has 0 heterocycles. The fourth-order valence-electron chi connectivity index (χ4n) is 3.07. The number of carbonyl (C=O) groups is 5. The van der Waals surface area contributed by atoms with Crippen LogP contribution in [-0.4, -0.2) is 82.6 Å². The van der Waals surface area contributed by atoms with Crippen LogP contribution in [0, 0.1) is 5.92 Å². The molecule has 0 aromatic heterocycles. The van der Waals surface area contributed by atoms with E-state index in [1.54, 1.807) is 13.8 Å². The van der Waals surface area contributed by atoms with Crippen LogP contribution in [0.4, 0.5) is 0 Å². The lowest BCUT2D eigenvalue weighted by atomic mass is 9.96. The van der Waals surface area contributed by atoms with Gasteiger partial charge in [0.1, 0.15) is 12.1 Å². The number of primary amides is 1. The van der Waals surface area contributed by atoms with Gasteiger partial charge in [0.05, 0.1) is 12.1 Å². The third-order valence-corrected chi connectivity index (χ3v) is 5.46. The fourth-order valence-corrected chi connectivity index (χ4v) is 3.07. The second-order valence-electron chi connectivity index (χ2n) is 8.56. The van der Waals surface area contributed by atoms with E-state index in [1.165, 1.54) is 6.92 Å². The maximum absolute atomic E-state index is 13.0. The fraction of sp³-hybridized carbons (Fsp3) is 0.714. The van der Waals surface area contributed by atoms with Crippen LogP contribution in [0.2, 0.25) is 0 Å². The molecule has 0 aliphatic carbocycles. The molecule has 0 rings (SSSR count). The Balaban J connectivity index is 5.52. The summed E-state index contributed by atoms with van der Waals surface area (Å²) >= 11 is 0. The summed E-state index contributed by atoms with van der Waals surface area (Å²) in [6.07, 6.45) is -0.745. The molecule has 0 radical (unpaired) electrons. The first-order valence-corrected chi connectivity index (χ1v) is 11.6. The van der Waals surface area contributed by atoms with Gasteiger partial charge in [-0.3, -0.25) is 24.2 Å². The van der Waals surface area contributed by atoms with Crippen molar-refractivity contribution in [3.05, 3.63) is 0 Å². The first-order chi connectivity index (χ1) is 16.7. The highest BCUT2D eigenvalue weighted by atomic mass is 16.4. The second kappa shape index (κ2) is 16.3. The molecule has 13 N–H and O–H groups in total. The number of carboxylic acids is 1. The first-order valence-electron chi connectivity index (χ1n) is 11.6. The van der Waals surface area contributed by atoms with Crippen molar-refractivity contribution in [2.75, 3.05) is 6.54 Å². The predicted octanol–water partition coefficient (Wildman–Crippen LogP) is -3.40. The molecule has 206 valence electrons. The van der Waals surface area contributed by atoms with E-state index >= 15 is 0 Å². The monoisotopic (exact) mass is 516 g/mol. The average Bonchev–Trinajstić information content (AvgIpc) is 2.79. The third-order valence-electron chi connectivity index (χ3n) is 5.46. The molecule has 0 aliphatic heterocycles. The molecule has 0 fully saturated rings. The largest absolute Gasteiger partial charge is 0.480 e. The molecule has 15 heteroatoms. The highest BCUT2D eigenvalue weighted by molar-refractivity contribution is 5.94. The van der Waals surface area contributed by atoms with Crippen LogP contribution < -0.4 is 38.9 Å². The van der Waals surface area contributed by atoms with E-state index in [2.05, 4.69) is 20.9 Å². The number of carboxylic acid groups (broad SMARTS) is 1. The number of aliphatic carboxylic acids is 1. The number of hydrogen-bond acceptors (Lipinski definition) is 8. The van der Waals surface area contributed by atoms with Crippen LogP contribution in [0.1, 0.15) is 52.9 Å². The molecule has 6 unspecified atom stereocenters. The average molecular weight is 517 g/mol. The van der Waals surface area contributed by atoms with Gasteiger partial charge >= 0.3 is 5.97 Å². The Kier molecular flexibility index (Phi) is 14.7. The predicted molar refractivity (Wildman–Crippen MR) is 131 cm³/mol. The van der Waals surface area contributed by atoms with E-state index in [0.29, 0.717) is 12.8 Å². The zero-order valence-electron chi connectivity index (χ0n) is 20.9. The van der Waals surface area contributed by atoms with Crippen LogP contribution in [0.15, 0.2) is 4.99 Å². The summed E-state index contributed by atoms with van der Waals surface area (Å²) in [4.78, 5) is 64.8. The van der Waals surface area contributed by atoms with E-state index in [-0.39, 0.29) is 31.8 Å². The first kappa shape index (κ1) is 32.5. The molecule has 0 saturated carbocycles. The van der Waals surface area contributed by atoms with Crippen molar-refractivity contribution in [1.82, 2.24) is 16.0 Å². The number of nitrogens with one attached hydrogen (secondary N) is 3. The van der Waals surface area contributed by atoms with Crippen molar-refractivity contribution < 1.29 is 34.2 Å². The van der Waals surface area contributed by atoms with E-state index < -0.39 is 65.8 Å². The molecule has 0 saturated heterocycles. The third kappa shape index (κ3) is 12.3. The van der Waals surface area contributed by atoms with E-state index in [1.807, 2.05) is 0 Å². The Morgan fingerprint density at radius 3 is 1.94 bits per heavy atom. The summed E-state index contributed by atoms with van der Waals surface area (Å²) in [6, 6.07) is -5.04. The van der Waals surface area contributed by atoms with Gasteiger partial charge in [0.25, 0.3) is 0 Å². The Labute approximate surface area is 209 Å². The summed E-state index contributed by atoms with van der Waals surface area (Å²) in [5.41, 5.74) is 21.5. The van der Waals surface area contributed by atoms with Gasteiger partial charge in [-0.1, -0.05) is 20.3 Å². The zero-order valence-corrected chi connectivity index (χ0v) is 20.9. The van der Waals surface area contributed by atoms with Crippen molar-refractivity contribution in [2.24, 2.45) is 33.8 Å². The lowest BCUT2D eigenvalue weighted by Crippen LogP contribution is -2.59. The standard InChI is InChI=1S/C21H40N8O7/c1-4-10(2)15(19(34)29-16(11(3)30)20(35)36)28-18(33)13(7-8-14(23)31)27-17(32)12(22)6-5-9-26-21(24)25/h10-13,15-16,30H,4-9,22H2,1-3H3,(H2,23,31)(H,27,32)(H,28,33)(H,29,34)(H,35,36)(H4,24,25,26). The minimum atomic E-state index is -1.59. The van der Waals surface area contributed by atoms with Crippen molar-refractivity contribution in [3.8, 4) is 0 Å². The van der Waals surface area contributed by atoms with Gasteiger partial charge in [-0.25, -0.2) is 4.79 Å². The van der Waals surface area contributed by atoms with Gasteiger partial charge in [-0.2, -0.15) is 0 Å². The van der Waals surface area contributed by atoms with Crippen LogP contribution >= 0.6 is 0 Å². The number of rotatable bonds is 17. The maximum Gasteiger partial charge on any atom is 0.328 e. The van der Waals surface area contributed by atoms with Gasteiger partial charge in [0, 0.05) is 13.0 Å². The highest BCUT2D eigenvalue weighted by Crippen LogP contribution is 2.11. The smallest absolute Gasteiger partial charge is 0.328 e. The van der Waals surface area contributed by atoms with Crippen molar-refractivity contribution in [1.29, 1.82) is 0 Å². The Bertz CT molecular complexity index is 801. The van der Waals surface area contributed by atoms with E-state index in [9.17, 15) is 34.2 Å². The van der Waals surface area contributed by atoms with Crippen molar-refractivity contribution >= 4 is 35.6 Å². The van der Waals surface area contributed by atoms with Crippen LogP contribution in [0.5, 0.6) is 0 Å². The Hall–Kier alpha value is -3.46. The summed E-state index contributed by atoms with van der Waals surface area (Å²) in [5.74, 6) is -4.99. The normalized spacial score (nSPS) is 15.8. The van der Waals surface area contributed by atoms with E-state index in [0.717, 1.165) is 0 Å². The lowest BCUT2D eigenvalue weighted by Gasteiger charge is -2.28. The topological polar surface area (TPSA) is 278 Å². The molecule has 6 atom stereocenters. The number of aliphatic imine (C=N–C) groups is 1. The minimum absolute atomic E-state index is 0.0979. The molecule has 0 bridgehead atoms. The number of nitrogens with two attached hydrogens (primary N) is 4. The quantitative estimate of drug-likeness (QED) is 0.0524. The molecular weight excluding hydrogens is 476 g/mol. The number of guanidine groups is 1. The number of amides is 4. The van der Waals surface area contributed by atoms with Gasteiger partial charge in [0.2, 0.25) is 23.6 Å². The number of nitrogens with zero attached hydrogens (tertiary/aromatic N) is 1. The molecule has 15 nitrogen and oxygen atoms in total. The summed E-state index contributed by atoms with van der Waals surface area (Å²) in [6.45, 7) is 4.87. The zero-order chi connectivity index (χ0) is 28.0. The number of hydrogen-bond donors (Lipinski definition) is 9. The number of carbonyl (C=O) groups excluding carboxylic acids is 4. The molecular formula is C21H40N8O7. The van der Waals surface area contributed by atoms with Gasteiger partial charge in [-0.05, 0) is 32.1 Å². The van der Waals surface area contributed by atoms with Gasteiger partial charge in [0.15, 0.2) is 12.0 Å². The Morgan fingerprint density at radius 1 is 0.889 bits per heavy atom. The Morgan fingerprint density at radius 2 is 1.47 bits per heavy atom. The van der Waals surface area contributed by atoms with Gasteiger partial charge < -0.3 is 49.1 Å². The number of aliphatic hydroxyl groups is 1. The molecule has 36 heavy (non-hydrogen) atoms. The summed E-state index contributed by atoms with van der Waals surface area (Å²) in [5, 5.41) is 26.1. The highest BCUT2D eigenvalue weighted by Gasteiger charge is 2.34. The van der Waals surface area contributed by atoms with E-state index in [4.69, 9.17) is 22.9 Å². The summed E-state index contributed by atoms with van der Waals surface area (Å²) < 4.78 is 0. The van der Waals surface area contributed by atoms with Crippen LogP contribution in [0.3, 0.4) is 0 Å². The lowest BCUT2D eigenvalue weighted by molar-refractivity contribution is -0.145. The van der Waals surface area contributed by atoms with Crippen LogP contribution in [-0.2, 0) is 24.0 Å².